The molecule has 0 atom stereocenters. The first kappa shape index (κ1) is 29.2. The van der Waals surface area contributed by atoms with Crippen molar-refractivity contribution in [3.05, 3.63) is 175 Å². The van der Waals surface area contributed by atoms with Crippen molar-refractivity contribution in [2.75, 3.05) is 4.90 Å². The molecule has 0 radical (unpaired) electrons. The molecule has 0 spiro atoms. The minimum Gasteiger partial charge on any atom is -0.456 e. The molecule has 1 aliphatic carbocycles. The Balaban J connectivity index is 1.21. The summed E-state index contributed by atoms with van der Waals surface area (Å²) in [5.74, 6) is 0. The fourth-order valence-corrected chi connectivity index (χ4v) is 8.82. The molecule has 0 fully saturated rings. The highest BCUT2D eigenvalue weighted by Crippen LogP contribution is 2.52. The van der Waals surface area contributed by atoms with Crippen molar-refractivity contribution in [2.24, 2.45) is 0 Å². The maximum absolute atomic E-state index is 6.80. The summed E-state index contributed by atoms with van der Waals surface area (Å²) < 4.78 is 13.3. The van der Waals surface area contributed by atoms with Gasteiger partial charge in [-0.2, -0.15) is 0 Å². The predicted octanol–water partition coefficient (Wildman–Crippen LogP) is 14.1. The van der Waals surface area contributed by atoms with E-state index < -0.39 is 0 Å². The van der Waals surface area contributed by atoms with Crippen LogP contribution in [0.2, 0.25) is 0 Å². The number of hydrogen-bond acceptors (Lipinski definition) is 3. The molecule has 0 amide bonds. The summed E-state index contributed by atoms with van der Waals surface area (Å²) in [6.45, 7) is 4.68. The second-order valence-corrected chi connectivity index (χ2v) is 14.5. The van der Waals surface area contributed by atoms with Gasteiger partial charge in [0.1, 0.15) is 22.3 Å². The van der Waals surface area contributed by atoms with Crippen molar-refractivity contribution in [1.82, 2.24) is 0 Å². The number of hydrogen-bond donors (Lipinski definition) is 0. The summed E-state index contributed by atoms with van der Waals surface area (Å²) in [5, 5.41) is 6.80. The molecule has 8 aromatic carbocycles. The molecule has 2 heterocycles. The van der Waals surface area contributed by atoms with Crippen LogP contribution in [0.1, 0.15) is 25.0 Å². The Kier molecular flexibility index (Phi) is 6.01. The van der Waals surface area contributed by atoms with Gasteiger partial charge in [0.2, 0.25) is 0 Å². The SMILES string of the molecule is CC1(C)c2ccccc2-c2ccc(N(c3ccc4c(c3)oc3ccccc34)c3cccc4oc5cc(-c6ccccc6)c6ccccc6c5c34)cc21. The van der Waals surface area contributed by atoms with Gasteiger partial charge in [0, 0.05) is 39.0 Å². The number of nitrogens with zero attached hydrogens (tertiary/aromatic N) is 1. The van der Waals surface area contributed by atoms with Crippen LogP contribution < -0.4 is 4.90 Å². The Hall–Kier alpha value is -6.58. The molecule has 52 heavy (non-hydrogen) atoms. The molecule has 2 aromatic heterocycles. The van der Waals surface area contributed by atoms with E-state index in [1.807, 2.05) is 12.1 Å². The lowest BCUT2D eigenvalue weighted by molar-refractivity contribution is 0.660. The van der Waals surface area contributed by atoms with Crippen LogP contribution in [0.4, 0.5) is 17.1 Å². The van der Waals surface area contributed by atoms with Gasteiger partial charge in [0.25, 0.3) is 0 Å². The van der Waals surface area contributed by atoms with Gasteiger partial charge >= 0.3 is 0 Å². The van der Waals surface area contributed by atoms with Gasteiger partial charge in [0.15, 0.2) is 0 Å². The van der Waals surface area contributed by atoms with Gasteiger partial charge in [-0.3, -0.25) is 0 Å². The number of fused-ring (bicyclic) bond motifs is 11. The first-order chi connectivity index (χ1) is 25.5. The standard InChI is InChI=1S/C49H33NO2/c1-49(2)40-19-10-8-16-34(40)35-25-23-31(27-41(35)49)50(32-24-26-37-36-17-9-11-21-43(36)51-45(37)28-32)42-20-12-22-44-48(42)47-38-18-7-6-15-33(38)39(29-46(47)52-44)30-13-4-3-5-14-30/h3-29H,1-2H3. The Morgan fingerprint density at radius 1 is 0.404 bits per heavy atom. The minimum absolute atomic E-state index is 0.144. The van der Waals surface area contributed by atoms with E-state index in [9.17, 15) is 0 Å². The normalized spacial score (nSPS) is 13.3. The van der Waals surface area contributed by atoms with Crippen molar-refractivity contribution in [2.45, 2.75) is 19.3 Å². The molecule has 11 rings (SSSR count). The number of anilines is 3. The molecule has 0 aliphatic heterocycles. The molecule has 0 saturated carbocycles. The van der Waals surface area contributed by atoms with Crippen molar-refractivity contribution in [1.29, 1.82) is 0 Å². The molecule has 1 aliphatic rings. The summed E-state index contributed by atoms with van der Waals surface area (Å²) >= 11 is 0. The van der Waals surface area contributed by atoms with Gasteiger partial charge < -0.3 is 13.7 Å². The zero-order valence-corrected chi connectivity index (χ0v) is 28.9. The summed E-state index contributed by atoms with van der Waals surface area (Å²) in [4.78, 5) is 2.39. The topological polar surface area (TPSA) is 29.5 Å². The molecule has 10 aromatic rings. The van der Waals surface area contributed by atoms with Gasteiger partial charge in [0.05, 0.1) is 11.1 Å². The molecular formula is C49H33NO2. The lowest BCUT2D eigenvalue weighted by atomic mass is 9.82. The molecule has 0 bridgehead atoms. The maximum atomic E-state index is 6.80. The van der Waals surface area contributed by atoms with Crippen molar-refractivity contribution < 1.29 is 8.83 Å². The van der Waals surface area contributed by atoms with Gasteiger partial charge in [-0.15, -0.1) is 0 Å². The highest BCUT2D eigenvalue weighted by Gasteiger charge is 2.36. The third-order valence-electron chi connectivity index (χ3n) is 11.3. The van der Waals surface area contributed by atoms with Crippen molar-refractivity contribution in [3.8, 4) is 22.3 Å². The zero-order valence-electron chi connectivity index (χ0n) is 28.9. The molecule has 0 unspecified atom stereocenters. The van der Waals surface area contributed by atoms with Crippen LogP contribution in [0.3, 0.4) is 0 Å². The maximum Gasteiger partial charge on any atom is 0.137 e. The van der Waals surface area contributed by atoms with E-state index in [2.05, 4.69) is 170 Å². The zero-order chi connectivity index (χ0) is 34.6. The van der Waals surface area contributed by atoms with Crippen LogP contribution in [0.5, 0.6) is 0 Å². The Morgan fingerprint density at radius 2 is 1.06 bits per heavy atom. The Bertz CT molecular complexity index is 3050. The van der Waals surface area contributed by atoms with E-state index >= 15 is 0 Å². The third-order valence-corrected chi connectivity index (χ3v) is 11.3. The van der Waals surface area contributed by atoms with E-state index in [-0.39, 0.29) is 5.41 Å². The quantitative estimate of drug-likeness (QED) is 0.187. The van der Waals surface area contributed by atoms with Gasteiger partial charge in [-0.25, -0.2) is 0 Å². The fourth-order valence-electron chi connectivity index (χ4n) is 8.82. The van der Waals surface area contributed by atoms with E-state index in [0.29, 0.717) is 0 Å². The number of rotatable bonds is 4. The number of furan rings is 2. The van der Waals surface area contributed by atoms with Gasteiger partial charge in [-0.05, 0) is 92.7 Å². The second-order valence-electron chi connectivity index (χ2n) is 14.5. The molecule has 3 heteroatoms. The monoisotopic (exact) mass is 667 g/mol. The lowest BCUT2D eigenvalue weighted by Gasteiger charge is -2.28. The molecular weight excluding hydrogens is 635 g/mol. The number of para-hydroxylation sites is 1. The first-order valence-corrected chi connectivity index (χ1v) is 17.9. The molecule has 0 saturated heterocycles. The average molecular weight is 668 g/mol. The summed E-state index contributed by atoms with van der Waals surface area (Å²) in [7, 11) is 0. The minimum atomic E-state index is -0.144. The summed E-state index contributed by atoms with van der Waals surface area (Å²) in [6, 6.07) is 58.7. The lowest BCUT2D eigenvalue weighted by Crippen LogP contribution is -2.16. The Labute approximate surface area is 301 Å². The van der Waals surface area contributed by atoms with Crippen molar-refractivity contribution in [3.63, 3.8) is 0 Å². The van der Waals surface area contributed by atoms with Gasteiger partial charge in [-0.1, -0.05) is 123 Å². The molecule has 246 valence electrons. The summed E-state index contributed by atoms with van der Waals surface area (Å²) in [5.41, 5.74) is 14.1. The highest BCUT2D eigenvalue weighted by molar-refractivity contribution is 6.25. The predicted molar refractivity (Wildman–Crippen MR) is 216 cm³/mol. The first-order valence-electron chi connectivity index (χ1n) is 17.9. The molecule has 3 nitrogen and oxygen atoms in total. The van der Waals surface area contributed by atoms with E-state index in [1.54, 1.807) is 0 Å². The van der Waals surface area contributed by atoms with Crippen LogP contribution in [0.15, 0.2) is 173 Å². The van der Waals surface area contributed by atoms with E-state index in [0.717, 1.165) is 66.5 Å². The smallest absolute Gasteiger partial charge is 0.137 e. The van der Waals surface area contributed by atoms with Crippen LogP contribution in [-0.2, 0) is 5.41 Å². The fraction of sp³-hybridized carbons (Fsp3) is 0.0612. The van der Waals surface area contributed by atoms with Crippen LogP contribution in [0.25, 0.3) is 76.9 Å². The van der Waals surface area contributed by atoms with Crippen LogP contribution >= 0.6 is 0 Å². The van der Waals surface area contributed by atoms with Crippen LogP contribution in [-0.4, -0.2) is 0 Å². The summed E-state index contributed by atoms with van der Waals surface area (Å²) in [6.07, 6.45) is 0. The highest BCUT2D eigenvalue weighted by atomic mass is 16.3. The van der Waals surface area contributed by atoms with E-state index in [1.165, 1.54) is 38.6 Å². The third kappa shape index (κ3) is 4.08. The molecule has 0 N–H and O–H groups in total. The van der Waals surface area contributed by atoms with Crippen molar-refractivity contribution >= 4 is 71.7 Å². The largest absolute Gasteiger partial charge is 0.456 e. The number of benzene rings is 8. The Morgan fingerprint density at radius 3 is 1.94 bits per heavy atom. The van der Waals surface area contributed by atoms with Crippen LogP contribution in [0, 0.1) is 0 Å². The second kappa shape index (κ2) is 10.7. The van der Waals surface area contributed by atoms with E-state index in [4.69, 9.17) is 8.83 Å². The average Bonchev–Trinajstić information content (AvgIpc) is 3.83.